The summed E-state index contributed by atoms with van der Waals surface area (Å²) in [4.78, 5) is 0. The highest BCUT2D eigenvalue weighted by Gasteiger charge is 2.06. The summed E-state index contributed by atoms with van der Waals surface area (Å²) in [6.07, 6.45) is 1.92. The van der Waals surface area contributed by atoms with Gasteiger partial charge in [-0.2, -0.15) is 5.10 Å². The average molecular weight is 296 g/mol. The van der Waals surface area contributed by atoms with E-state index in [-0.39, 0.29) is 5.75 Å². The van der Waals surface area contributed by atoms with E-state index in [0.29, 0.717) is 11.0 Å². The van der Waals surface area contributed by atoms with Crippen molar-refractivity contribution in [1.82, 2.24) is 9.78 Å². The maximum Gasteiger partial charge on any atom is 0.134 e. The minimum atomic E-state index is 0.279. The predicted molar refractivity (Wildman–Crippen MR) is 71.1 cm³/mol. The molecule has 0 aliphatic heterocycles. The lowest BCUT2D eigenvalue weighted by Gasteiger charge is -2.08. The van der Waals surface area contributed by atoms with Gasteiger partial charge in [-0.3, -0.25) is 4.68 Å². The number of rotatable bonds is 3. The van der Waals surface area contributed by atoms with Crippen molar-refractivity contribution in [3.63, 3.8) is 0 Å². The van der Waals surface area contributed by atoms with Gasteiger partial charge in [0.25, 0.3) is 0 Å². The van der Waals surface area contributed by atoms with Crippen LogP contribution in [-0.2, 0) is 13.6 Å². The molecule has 4 nitrogen and oxygen atoms in total. The standard InChI is InChI=1S/C12H14BrN3O/c1-8-11(7-16(2)15-8)14-6-9-4-3-5-10(13)12(9)17/h3-5,7,14,17H,6H2,1-2H3. The van der Waals surface area contributed by atoms with Gasteiger partial charge in [-0.25, -0.2) is 0 Å². The zero-order valence-corrected chi connectivity index (χ0v) is 11.3. The van der Waals surface area contributed by atoms with Crippen molar-refractivity contribution in [2.75, 3.05) is 5.32 Å². The van der Waals surface area contributed by atoms with E-state index in [1.165, 1.54) is 0 Å². The molecule has 0 radical (unpaired) electrons. The molecule has 1 aromatic carbocycles. The molecule has 0 bridgehead atoms. The fraction of sp³-hybridized carbons (Fsp3) is 0.250. The Kier molecular flexibility index (Phi) is 3.38. The molecule has 0 aliphatic rings. The first-order chi connectivity index (χ1) is 8.08. The summed E-state index contributed by atoms with van der Waals surface area (Å²) in [6, 6.07) is 5.60. The highest BCUT2D eigenvalue weighted by Crippen LogP contribution is 2.28. The number of para-hydroxylation sites is 1. The van der Waals surface area contributed by atoms with Crippen molar-refractivity contribution in [3.8, 4) is 5.75 Å². The van der Waals surface area contributed by atoms with Crippen LogP contribution in [0.4, 0.5) is 5.69 Å². The van der Waals surface area contributed by atoms with Gasteiger partial charge in [-0.05, 0) is 28.9 Å². The Hall–Kier alpha value is -1.49. The summed E-state index contributed by atoms with van der Waals surface area (Å²) in [5, 5.41) is 17.3. The third kappa shape index (κ3) is 2.61. The van der Waals surface area contributed by atoms with E-state index in [0.717, 1.165) is 16.9 Å². The number of aromatic nitrogens is 2. The Labute approximate surface area is 108 Å². The Morgan fingerprint density at radius 2 is 2.24 bits per heavy atom. The van der Waals surface area contributed by atoms with Crippen LogP contribution in [0, 0.1) is 6.92 Å². The van der Waals surface area contributed by atoms with Gasteiger partial charge >= 0.3 is 0 Å². The molecule has 5 heteroatoms. The molecule has 1 heterocycles. The van der Waals surface area contributed by atoms with Crippen molar-refractivity contribution >= 4 is 21.6 Å². The number of benzene rings is 1. The Morgan fingerprint density at radius 1 is 1.47 bits per heavy atom. The van der Waals surface area contributed by atoms with Crippen LogP contribution >= 0.6 is 15.9 Å². The van der Waals surface area contributed by atoms with Gasteiger partial charge in [0.1, 0.15) is 5.75 Å². The first-order valence-electron chi connectivity index (χ1n) is 5.28. The Bertz CT molecular complexity index is 537. The number of nitrogens with zero attached hydrogens (tertiary/aromatic N) is 2. The molecule has 0 unspecified atom stereocenters. The van der Waals surface area contributed by atoms with E-state index < -0.39 is 0 Å². The van der Waals surface area contributed by atoms with Gasteiger partial charge in [0.15, 0.2) is 0 Å². The van der Waals surface area contributed by atoms with Crippen LogP contribution in [-0.4, -0.2) is 14.9 Å². The summed E-state index contributed by atoms with van der Waals surface area (Å²) in [5.41, 5.74) is 2.77. The van der Waals surface area contributed by atoms with Crippen LogP contribution in [0.1, 0.15) is 11.3 Å². The molecule has 0 fully saturated rings. The largest absolute Gasteiger partial charge is 0.506 e. The molecule has 0 saturated carbocycles. The zero-order valence-electron chi connectivity index (χ0n) is 9.74. The minimum absolute atomic E-state index is 0.279. The lowest BCUT2D eigenvalue weighted by molar-refractivity contribution is 0.465. The van der Waals surface area contributed by atoms with Gasteiger partial charge in [-0.1, -0.05) is 12.1 Å². The molecule has 2 aromatic rings. The predicted octanol–water partition coefficient (Wildman–Crippen LogP) is 2.81. The highest BCUT2D eigenvalue weighted by atomic mass is 79.9. The molecule has 1 aromatic heterocycles. The summed E-state index contributed by atoms with van der Waals surface area (Å²) in [6.45, 7) is 2.51. The van der Waals surface area contributed by atoms with Crippen molar-refractivity contribution in [3.05, 3.63) is 40.1 Å². The Morgan fingerprint density at radius 3 is 2.88 bits per heavy atom. The van der Waals surface area contributed by atoms with E-state index >= 15 is 0 Å². The number of hydrogen-bond acceptors (Lipinski definition) is 3. The average Bonchev–Trinajstić information content (AvgIpc) is 2.60. The fourth-order valence-corrected chi connectivity index (χ4v) is 2.07. The fourth-order valence-electron chi connectivity index (χ4n) is 1.67. The molecule has 17 heavy (non-hydrogen) atoms. The zero-order chi connectivity index (χ0) is 12.4. The third-order valence-corrected chi connectivity index (χ3v) is 3.19. The van der Waals surface area contributed by atoms with Gasteiger partial charge in [-0.15, -0.1) is 0 Å². The maximum absolute atomic E-state index is 9.84. The smallest absolute Gasteiger partial charge is 0.134 e. The monoisotopic (exact) mass is 295 g/mol. The van der Waals surface area contributed by atoms with E-state index in [4.69, 9.17) is 0 Å². The number of aromatic hydroxyl groups is 1. The molecule has 0 saturated heterocycles. The first-order valence-corrected chi connectivity index (χ1v) is 6.07. The summed E-state index contributed by atoms with van der Waals surface area (Å²) >= 11 is 3.30. The molecule has 90 valence electrons. The maximum atomic E-state index is 9.84. The molecular formula is C12H14BrN3O. The summed E-state index contributed by atoms with van der Waals surface area (Å²) in [5.74, 6) is 0.279. The number of nitrogens with one attached hydrogen (secondary N) is 1. The van der Waals surface area contributed by atoms with E-state index in [9.17, 15) is 5.11 Å². The second kappa shape index (κ2) is 4.79. The first kappa shape index (κ1) is 12.0. The van der Waals surface area contributed by atoms with Crippen LogP contribution in [0.15, 0.2) is 28.9 Å². The summed E-state index contributed by atoms with van der Waals surface area (Å²) < 4.78 is 2.47. The number of phenols is 1. The number of phenolic OH excluding ortho intramolecular Hbond substituents is 1. The van der Waals surface area contributed by atoms with Crippen LogP contribution in [0.3, 0.4) is 0 Å². The van der Waals surface area contributed by atoms with Gasteiger partial charge in [0, 0.05) is 25.4 Å². The SMILES string of the molecule is Cc1nn(C)cc1NCc1cccc(Br)c1O. The lowest BCUT2D eigenvalue weighted by atomic mass is 10.2. The molecule has 0 amide bonds. The van der Waals surface area contributed by atoms with Gasteiger partial charge < -0.3 is 10.4 Å². The van der Waals surface area contributed by atoms with Crippen molar-refractivity contribution in [2.24, 2.45) is 7.05 Å². The third-order valence-electron chi connectivity index (χ3n) is 2.55. The number of hydrogen-bond donors (Lipinski definition) is 2. The van der Waals surface area contributed by atoms with E-state index in [1.54, 1.807) is 4.68 Å². The van der Waals surface area contributed by atoms with Gasteiger partial charge in [0.2, 0.25) is 0 Å². The van der Waals surface area contributed by atoms with Crippen LogP contribution in [0.5, 0.6) is 5.75 Å². The second-order valence-electron chi connectivity index (χ2n) is 3.90. The highest BCUT2D eigenvalue weighted by molar-refractivity contribution is 9.10. The number of aryl methyl sites for hydroxylation is 2. The minimum Gasteiger partial charge on any atom is -0.506 e. The molecule has 2 rings (SSSR count). The van der Waals surface area contributed by atoms with Crippen molar-refractivity contribution < 1.29 is 5.11 Å². The normalized spacial score (nSPS) is 10.5. The van der Waals surface area contributed by atoms with Crippen molar-refractivity contribution in [1.29, 1.82) is 0 Å². The second-order valence-corrected chi connectivity index (χ2v) is 4.76. The number of anilines is 1. The van der Waals surface area contributed by atoms with Crippen LogP contribution in [0.2, 0.25) is 0 Å². The lowest BCUT2D eigenvalue weighted by Crippen LogP contribution is -2.00. The summed E-state index contributed by atoms with van der Waals surface area (Å²) in [7, 11) is 1.88. The molecule has 0 aliphatic carbocycles. The molecule has 0 atom stereocenters. The van der Waals surface area contributed by atoms with E-state index in [2.05, 4.69) is 26.3 Å². The van der Waals surface area contributed by atoms with Gasteiger partial charge in [0.05, 0.1) is 15.9 Å². The quantitative estimate of drug-likeness (QED) is 0.915. The topological polar surface area (TPSA) is 50.1 Å². The van der Waals surface area contributed by atoms with Crippen LogP contribution in [0.25, 0.3) is 0 Å². The molecular weight excluding hydrogens is 282 g/mol. The van der Waals surface area contributed by atoms with Crippen molar-refractivity contribution in [2.45, 2.75) is 13.5 Å². The Balaban J connectivity index is 2.12. The number of halogens is 1. The van der Waals surface area contributed by atoms with E-state index in [1.807, 2.05) is 38.4 Å². The molecule has 2 N–H and O–H groups in total. The van der Waals surface area contributed by atoms with Crippen LogP contribution < -0.4 is 5.32 Å². The molecule has 0 spiro atoms.